The molecule has 0 bridgehead atoms. The van der Waals surface area contributed by atoms with Crippen LogP contribution in [0.4, 0.5) is 4.79 Å². The summed E-state index contributed by atoms with van der Waals surface area (Å²) < 4.78 is 43.8. The number of piperazine rings is 1. The molecule has 1 atom stereocenters. The topological polar surface area (TPSA) is 118 Å². The summed E-state index contributed by atoms with van der Waals surface area (Å²) in [5.41, 5.74) is 1.39. The highest BCUT2D eigenvalue weighted by Gasteiger charge is 2.38. The summed E-state index contributed by atoms with van der Waals surface area (Å²) in [4.78, 5) is 30.1. The van der Waals surface area contributed by atoms with Crippen LogP contribution < -0.4 is 14.8 Å². The molecule has 12 heteroatoms. The second-order valence-corrected chi connectivity index (χ2v) is 11.1. The fourth-order valence-corrected chi connectivity index (χ4v) is 6.17. The zero-order valence-corrected chi connectivity index (χ0v) is 23.4. The Bertz CT molecular complexity index is 1320. The predicted molar refractivity (Wildman–Crippen MR) is 144 cm³/mol. The molecule has 0 aliphatic carbocycles. The molecule has 0 unspecified atom stereocenters. The third-order valence-electron chi connectivity index (χ3n) is 6.86. The zero-order chi connectivity index (χ0) is 28.2. The second kappa shape index (κ2) is 12.1. The number of urea groups is 1. The number of amides is 2. The molecule has 1 N–H and O–H groups in total. The molecular formula is C27H34N4O7S. The Balaban J connectivity index is 1.64. The highest BCUT2D eigenvalue weighted by Crippen LogP contribution is 2.35. The third-order valence-corrected chi connectivity index (χ3v) is 8.78. The minimum Gasteiger partial charge on any atom is -0.497 e. The van der Waals surface area contributed by atoms with E-state index in [4.69, 9.17) is 14.2 Å². The number of nitrogens with zero attached hydrogens (tertiary/aromatic N) is 3. The summed E-state index contributed by atoms with van der Waals surface area (Å²) in [6.45, 7) is 3.57. The lowest BCUT2D eigenvalue weighted by Gasteiger charge is -2.39. The van der Waals surface area contributed by atoms with Crippen molar-refractivity contribution in [2.24, 2.45) is 0 Å². The molecule has 0 aromatic heterocycles. The van der Waals surface area contributed by atoms with Crippen LogP contribution in [0.1, 0.15) is 18.5 Å². The molecular weight excluding hydrogens is 524 g/mol. The molecule has 0 radical (unpaired) electrons. The van der Waals surface area contributed by atoms with Crippen molar-refractivity contribution in [2.45, 2.75) is 17.9 Å². The molecule has 0 saturated carbocycles. The summed E-state index contributed by atoms with van der Waals surface area (Å²) in [5.74, 6) is 0.479. The number of ether oxygens (including phenoxy) is 3. The van der Waals surface area contributed by atoms with Crippen LogP contribution in [0.3, 0.4) is 0 Å². The number of methoxy groups -OCH3 is 2. The lowest BCUT2D eigenvalue weighted by atomic mass is 9.93. The monoisotopic (exact) mass is 558 g/mol. The van der Waals surface area contributed by atoms with E-state index in [1.807, 2.05) is 4.90 Å². The number of esters is 1. The van der Waals surface area contributed by atoms with Gasteiger partial charge in [0.1, 0.15) is 11.5 Å². The van der Waals surface area contributed by atoms with Crippen LogP contribution >= 0.6 is 0 Å². The van der Waals surface area contributed by atoms with Gasteiger partial charge in [0.05, 0.1) is 37.3 Å². The first-order valence-corrected chi connectivity index (χ1v) is 14.1. The van der Waals surface area contributed by atoms with Crippen molar-refractivity contribution < 1.29 is 32.2 Å². The smallest absolute Gasteiger partial charge is 0.338 e. The van der Waals surface area contributed by atoms with Gasteiger partial charge in [-0.3, -0.25) is 9.80 Å². The molecule has 39 heavy (non-hydrogen) atoms. The molecule has 2 aromatic carbocycles. The van der Waals surface area contributed by atoms with Crippen molar-refractivity contribution in [3.8, 4) is 11.5 Å². The lowest BCUT2D eigenvalue weighted by Crippen LogP contribution is -2.53. The largest absolute Gasteiger partial charge is 0.497 e. The van der Waals surface area contributed by atoms with Gasteiger partial charge in [0.25, 0.3) is 0 Å². The van der Waals surface area contributed by atoms with E-state index in [0.29, 0.717) is 41.4 Å². The van der Waals surface area contributed by atoms with E-state index < -0.39 is 22.0 Å². The van der Waals surface area contributed by atoms with E-state index in [9.17, 15) is 18.0 Å². The Labute approximate surface area is 229 Å². The summed E-state index contributed by atoms with van der Waals surface area (Å²) in [5, 5.41) is 2.90. The standard InChI is InChI=1S/C27H34N4O7S/c1-5-38-26(32)24-23(18-30-11-13-31(14-12-30)39(34,35)22-9-7-6-8-10-22)29(2)27(33)28-25(24)19-15-20(36-3)17-21(16-19)37-4/h6-10,15-17,25H,5,11-14,18H2,1-4H3,(H,28,33)/t25-/m1/s1. The number of likely N-dealkylation sites (N-methyl/N-ethyl adjacent to an activating group) is 1. The third kappa shape index (κ3) is 6.02. The van der Waals surface area contributed by atoms with Gasteiger partial charge in [0, 0.05) is 51.5 Å². The van der Waals surface area contributed by atoms with Gasteiger partial charge in [0.2, 0.25) is 10.0 Å². The number of rotatable bonds is 9. The molecule has 1 saturated heterocycles. The number of benzene rings is 2. The van der Waals surface area contributed by atoms with Crippen molar-refractivity contribution >= 4 is 22.0 Å². The van der Waals surface area contributed by atoms with Gasteiger partial charge < -0.3 is 19.5 Å². The molecule has 4 rings (SSSR count). The lowest BCUT2D eigenvalue weighted by molar-refractivity contribution is -0.139. The SMILES string of the molecule is CCOC(=O)C1=C(CN2CCN(S(=O)(=O)c3ccccc3)CC2)N(C)C(=O)N[C@@H]1c1cc(OC)cc(OC)c1. The van der Waals surface area contributed by atoms with Crippen molar-refractivity contribution in [3.63, 3.8) is 0 Å². The fraction of sp³-hybridized carbons (Fsp3) is 0.407. The average Bonchev–Trinajstić information content (AvgIpc) is 2.95. The first-order valence-electron chi connectivity index (χ1n) is 12.6. The molecule has 2 aliphatic rings. The zero-order valence-electron chi connectivity index (χ0n) is 22.5. The quantitative estimate of drug-likeness (QED) is 0.466. The van der Waals surface area contributed by atoms with Crippen LogP contribution in [0, 0.1) is 0 Å². The van der Waals surface area contributed by atoms with Crippen LogP contribution in [-0.4, -0.2) is 95.1 Å². The van der Waals surface area contributed by atoms with Crippen LogP contribution in [-0.2, 0) is 19.6 Å². The normalized spacial score (nSPS) is 19.0. The Hall–Kier alpha value is -3.61. The summed E-state index contributed by atoms with van der Waals surface area (Å²) in [7, 11) is 1.04. The molecule has 2 amide bonds. The molecule has 2 aromatic rings. The number of carbonyl (C=O) groups is 2. The van der Waals surface area contributed by atoms with E-state index in [1.54, 1.807) is 62.5 Å². The first-order chi connectivity index (χ1) is 18.7. The Morgan fingerprint density at radius 3 is 2.18 bits per heavy atom. The van der Waals surface area contributed by atoms with Crippen LogP contribution in [0.25, 0.3) is 0 Å². The van der Waals surface area contributed by atoms with Gasteiger partial charge in [-0.25, -0.2) is 18.0 Å². The van der Waals surface area contributed by atoms with Crippen molar-refractivity contribution in [1.29, 1.82) is 0 Å². The number of hydrogen-bond donors (Lipinski definition) is 1. The van der Waals surface area contributed by atoms with E-state index in [1.165, 1.54) is 23.4 Å². The second-order valence-electron chi connectivity index (χ2n) is 9.16. The van der Waals surface area contributed by atoms with Crippen molar-refractivity contribution in [2.75, 3.05) is 60.6 Å². The molecule has 2 heterocycles. The van der Waals surface area contributed by atoms with Gasteiger partial charge >= 0.3 is 12.0 Å². The van der Waals surface area contributed by atoms with Gasteiger partial charge in [-0.2, -0.15) is 4.31 Å². The van der Waals surface area contributed by atoms with Gasteiger partial charge in [-0.05, 0) is 36.8 Å². The van der Waals surface area contributed by atoms with Crippen LogP contribution in [0.2, 0.25) is 0 Å². The fourth-order valence-electron chi connectivity index (χ4n) is 4.73. The molecule has 210 valence electrons. The van der Waals surface area contributed by atoms with Crippen LogP contribution in [0.15, 0.2) is 64.7 Å². The highest BCUT2D eigenvalue weighted by atomic mass is 32.2. The summed E-state index contributed by atoms with van der Waals surface area (Å²) >= 11 is 0. The average molecular weight is 559 g/mol. The maximum atomic E-state index is 13.3. The first kappa shape index (κ1) is 28.4. The molecule has 11 nitrogen and oxygen atoms in total. The number of sulfonamides is 1. The van der Waals surface area contributed by atoms with Gasteiger partial charge in [-0.15, -0.1) is 0 Å². The predicted octanol–water partition coefficient (Wildman–Crippen LogP) is 2.22. The Morgan fingerprint density at radius 2 is 1.62 bits per heavy atom. The molecule has 2 aliphatic heterocycles. The highest BCUT2D eigenvalue weighted by molar-refractivity contribution is 7.89. The van der Waals surface area contributed by atoms with E-state index in [0.717, 1.165) is 0 Å². The van der Waals surface area contributed by atoms with Crippen molar-refractivity contribution in [1.82, 2.24) is 19.4 Å². The number of hydrogen-bond acceptors (Lipinski definition) is 8. The summed E-state index contributed by atoms with van der Waals surface area (Å²) in [6.07, 6.45) is 0. The Morgan fingerprint density at radius 1 is 1.00 bits per heavy atom. The minimum absolute atomic E-state index is 0.164. The van der Waals surface area contributed by atoms with E-state index in [2.05, 4.69) is 5.32 Å². The van der Waals surface area contributed by atoms with Gasteiger partial charge in [-0.1, -0.05) is 18.2 Å². The Kier molecular flexibility index (Phi) is 8.78. The molecule has 1 fully saturated rings. The number of carbonyl (C=O) groups excluding carboxylic acids is 2. The maximum Gasteiger partial charge on any atom is 0.338 e. The maximum absolute atomic E-state index is 13.3. The van der Waals surface area contributed by atoms with Crippen LogP contribution in [0.5, 0.6) is 11.5 Å². The minimum atomic E-state index is -3.61. The number of nitrogens with one attached hydrogen (secondary N) is 1. The van der Waals surface area contributed by atoms with Crippen molar-refractivity contribution in [3.05, 3.63) is 65.4 Å². The van der Waals surface area contributed by atoms with E-state index >= 15 is 0 Å². The molecule has 0 spiro atoms. The van der Waals surface area contributed by atoms with E-state index in [-0.39, 0.29) is 37.2 Å². The summed E-state index contributed by atoms with van der Waals surface area (Å²) in [6, 6.07) is 12.3. The van der Waals surface area contributed by atoms with Gasteiger partial charge in [0.15, 0.2) is 0 Å².